The van der Waals surface area contributed by atoms with Crippen LogP contribution in [0.1, 0.15) is 30.1 Å². The van der Waals surface area contributed by atoms with Crippen LogP contribution in [0.4, 0.5) is 0 Å². The van der Waals surface area contributed by atoms with E-state index in [1.165, 1.54) is 0 Å². The van der Waals surface area contributed by atoms with Crippen molar-refractivity contribution in [3.63, 3.8) is 0 Å². The molecule has 1 aromatic rings. The van der Waals surface area contributed by atoms with E-state index in [2.05, 4.69) is 33.9 Å². The molecule has 2 N–H and O–H groups in total. The number of rotatable bonds is 5. The van der Waals surface area contributed by atoms with E-state index in [1.807, 2.05) is 13.0 Å². The highest BCUT2D eigenvalue weighted by atomic mass is 79.9. The molecule has 0 saturated heterocycles. The number of carbonyl (C=O) groups excluding carboxylic acids is 1. The minimum absolute atomic E-state index is 0.00359. The van der Waals surface area contributed by atoms with E-state index in [-0.39, 0.29) is 18.6 Å². The normalized spacial score (nSPS) is 12.2. The number of aliphatic hydroxyl groups excluding tert-OH is 1. The lowest BCUT2D eigenvalue weighted by Crippen LogP contribution is -2.35. The van der Waals surface area contributed by atoms with Gasteiger partial charge in [-0.15, -0.1) is 12.6 Å². The minimum atomic E-state index is -0.150. The first-order valence-electron chi connectivity index (χ1n) is 5.48. The Kier molecular flexibility index (Phi) is 6.02. The topological polar surface area (TPSA) is 49.3 Å². The first-order chi connectivity index (χ1) is 8.08. The lowest BCUT2D eigenvalue weighted by atomic mass is 10.1. The third-order valence-electron chi connectivity index (χ3n) is 2.51. The summed E-state index contributed by atoms with van der Waals surface area (Å²) in [6.07, 6.45) is 1.37. The molecular weight excluding hydrogens is 302 g/mol. The summed E-state index contributed by atoms with van der Waals surface area (Å²) in [6.45, 7) is 2.05. The Hall–Kier alpha value is -0.520. The largest absolute Gasteiger partial charge is 0.396 e. The van der Waals surface area contributed by atoms with Crippen molar-refractivity contribution < 1.29 is 9.90 Å². The van der Waals surface area contributed by atoms with Gasteiger partial charge in [-0.2, -0.15) is 0 Å². The number of nitrogens with one attached hydrogen (secondary N) is 1. The van der Waals surface area contributed by atoms with Gasteiger partial charge in [0.2, 0.25) is 0 Å². The Balaban J connectivity index is 2.75. The Bertz CT molecular complexity index is 398. The van der Waals surface area contributed by atoms with Gasteiger partial charge in [-0.25, -0.2) is 0 Å². The lowest BCUT2D eigenvalue weighted by molar-refractivity contribution is 0.0926. The monoisotopic (exact) mass is 317 g/mol. The molecule has 0 radical (unpaired) electrons. The summed E-state index contributed by atoms with van der Waals surface area (Å²) >= 11 is 7.59. The van der Waals surface area contributed by atoms with E-state index in [0.29, 0.717) is 16.9 Å². The van der Waals surface area contributed by atoms with Crippen LogP contribution in [0.25, 0.3) is 0 Å². The fourth-order valence-electron chi connectivity index (χ4n) is 1.49. The van der Waals surface area contributed by atoms with Crippen LogP contribution < -0.4 is 5.32 Å². The number of hydrogen-bond acceptors (Lipinski definition) is 3. The van der Waals surface area contributed by atoms with Crippen molar-refractivity contribution in [3.8, 4) is 0 Å². The zero-order chi connectivity index (χ0) is 12.8. The van der Waals surface area contributed by atoms with Gasteiger partial charge in [0.1, 0.15) is 0 Å². The SMILES string of the molecule is CCC(CCO)NC(=O)c1ccc(Br)cc1S. The van der Waals surface area contributed by atoms with Crippen molar-refractivity contribution in [2.45, 2.75) is 30.7 Å². The van der Waals surface area contributed by atoms with E-state index in [9.17, 15) is 4.79 Å². The number of amides is 1. The van der Waals surface area contributed by atoms with Crippen LogP contribution >= 0.6 is 28.6 Å². The molecule has 0 spiro atoms. The minimum Gasteiger partial charge on any atom is -0.396 e. The standard InChI is InChI=1S/C12H16BrNO2S/c1-2-9(5-6-15)14-12(16)10-4-3-8(13)7-11(10)17/h3-4,7,9,15,17H,2,5-6H2,1H3,(H,14,16). The number of aliphatic hydroxyl groups is 1. The number of benzene rings is 1. The number of carbonyl (C=O) groups is 1. The molecule has 94 valence electrons. The highest BCUT2D eigenvalue weighted by Crippen LogP contribution is 2.20. The van der Waals surface area contributed by atoms with Crippen molar-refractivity contribution in [3.05, 3.63) is 28.2 Å². The quantitative estimate of drug-likeness (QED) is 0.731. The Labute approximate surface area is 115 Å². The van der Waals surface area contributed by atoms with Gasteiger partial charge in [0.15, 0.2) is 0 Å². The van der Waals surface area contributed by atoms with Crippen LogP contribution in [0.5, 0.6) is 0 Å². The van der Waals surface area contributed by atoms with Crippen molar-refractivity contribution >= 4 is 34.5 Å². The van der Waals surface area contributed by atoms with Crippen molar-refractivity contribution in [1.29, 1.82) is 0 Å². The summed E-state index contributed by atoms with van der Waals surface area (Å²) in [6, 6.07) is 5.32. The second kappa shape index (κ2) is 7.03. The van der Waals surface area contributed by atoms with Crippen LogP contribution in [0, 0.1) is 0 Å². The van der Waals surface area contributed by atoms with Gasteiger partial charge in [-0.1, -0.05) is 22.9 Å². The molecule has 0 heterocycles. The Morgan fingerprint density at radius 3 is 2.82 bits per heavy atom. The highest BCUT2D eigenvalue weighted by Gasteiger charge is 2.13. The predicted octanol–water partition coefficient (Wildman–Crippen LogP) is 2.63. The average Bonchev–Trinajstić information content (AvgIpc) is 2.28. The fraction of sp³-hybridized carbons (Fsp3) is 0.417. The maximum absolute atomic E-state index is 12.0. The summed E-state index contributed by atoms with van der Waals surface area (Å²) in [7, 11) is 0. The number of halogens is 1. The molecule has 0 saturated carbocycles. The van der Waals surface area contributed by atoms with Crippen molar-refractivity contribution in [2.75, 3.05) is 6.61 Å². The number of hydrogen-bond donors (Lipinski definition) is 3. The van der Waals surface area contributed by atoms with E-state index in [1.54, 1.807) is 12.1 Å². The maximum atomic E-state index is 12.0. The molecule has 0 aliphatic carbocycles. The Morgan fingerprint density at radius 1 is 1.59 bits per heavy atom. The van der Waals surface area contributed by atoms with Crippen LogP contribution in [-0.4, -0.2) is 23.7 Å². The zero-order valence-corrected chi connectivity index (χ0v) is 12.1. The number of thiol groups is 1. The van der Waals surface area contributed by atoms with Crippen molar-refractivity contribution in [1.82, 2.24) is 5.32 Å². The van der Waals surface area contributed by atoms with E-state index in [4.69, 9.17) is 5.11 Å². The molecule has 1 atom stereocenters. The van der Waals surface area contributed by atoms with E-state index in [0.717, 1.165) is 10.9 Å². The van der Waals surface area contributed by atoms with E-state index < -0.39 is 0 Å². The van der Waals surface area contributed by atoms with Crippen LogP contribution in [0.15, 0.2) is 27.6 Å². The smallest absolute Gasteiger partial charge is 0.252 e. The first kappa shape index (κ1) is 14.5. The van der Waals surface area contributed by atoms with Crippen LogP contribution in [-0.2, 0) is 0 Å². The second-order valence-electron chi connectivity index (χ2n) is 3.75. The van der Waals surface area contributed by atoms with Gasteiger partial charge in [-0.3, -0.25) is 4.79 Å². The molecule has 0 aliphatic rings. The molecule has 17 heavy (non-hydrogen) atoms. The van der Waals surface area contributed by atoms with Crippen molar-refractivity contribution in [2.24, 2.45) is 0 Å². The molecular formula is C12H16BrNO2S. The highest BCUT2D eigenvalue weighted by molar-refractivity contribution is 9.10. The molecule has 1 amide bonds. The van der Waals surface area contributed by atoms with Gasteiger partial charge >= 0.3 is 0 Å². The van der Waals surface area contributed by atoms with Gasteiger partial charge in [0.25, 0.3) is 5.91 Å². The summed E-state index contributed by atoms with van der Waals surface area (Å²) < 4.78 is 0.890. The lowest BCUT2D eigenvalue weighted by Gasteiger charge is -2.16. The van der Waals surface area contributed by atoms with Gasteiger partial charge in [0.05, 0.1) is 5.56 Å². The average molecular weight is 318 g/mol. The molecule has 1 rings (SSSR count). The molecule has 0 aliphatic heterocycles. The molecule has 0 aromatic heterocycles. The van der Waals surface area contributed by atoms with Gasteiger partial charge in [0, 0.05) is 22.0 Å². The summed E-state index contributed by atoms with van der Waals surface area (Å²) in [4.78, 5) is 12.6. The molecule has 0 bridgehead atoms. The summed E-state index contributed by atoms with van der Waals surface area (Å²) in [5.74, 6) is -0.150. The maximum Gasteiger partial charge on any atom is 0.252 e. The molecule has 3 nitrogen and oxygen atoms in total. The molecule has 1 unspecified atom stereocenters. The van der Waals surface area contributed by atoms with Gasteiger partial charge < -0.3 is 10.4 Å². The summed E-state index contributed by atoms with van der Waals surface area (Å²) in [5.41, 5.74) is 0.549. The third-order valence-corrected chi connectivity index (χ3v) is 3.37. The first-order valence-corrected chi connectivity index (χ1v) is 6.72. The Morgan fingerprint density at radius 2 is 2.29 bits per heavy atom. The van der Waals surface area contributed by atoms with Crippen LogP contribution in [0.2, 0.25) is 0 Å². The predicted molar refractivity (Wildman–Crippen MR) is 74.6 cm³/mol. The molecule has 1 aromatic carbocycles. The zero-order valence-electron chi connectivity index (χ0n) is 9.61. The molecule has 5 heteroatoms. The van der Waals surface area contributed by atoms with Gasteiger partial charge in [-0.05, 0) is 31.0 Å². The van der Waals surface area contributed by atoms with E-state index >= 15 is 0 Å². The van der Waals surface area contributed by atoms with Crippen LogP contribution in [0.3, 0.4) is 0 Å². The third kappa shape index (κ3) is 4.33. The summed E-state index contributed by atoms with van der Waals surface area (Å²) in [5, 5.41) is 11.8. The fourth-order valence-corrected chi connectivity index (χ4v) is 2.35. The second-order valence-corrected chi connectivity index (χ2v) is 5.15. The molecule has 0 fully saturated rings.